The third-order valence-electron chi connectivity index (χ3n) is 4.05. The van der Waals surface area contributed by atoms with Crippen molar-refractivity contribution in [3.8, 4) is 0 Å². The molecular formula is C20H22Cl2N2O5S. The fraction of sp³-hybridized carbons (Fsp3) is 0.300. The second-order valence-electron chi connectivity index (χ2n) is 6.88. The molecule has 0 fully saturated rings. The van der Waals surface area contributed by atoms with Crippen LogP contribution in [0.25, 0.3) is 0 Å². The van der Waals surface area contributed by atoms with Crippen LogP contribution in [-0.2, 0) is 24.3 Å². The Morgan fingerprint density at radius 1 is 0.967 bits per heavy atom. The summed E-state index contributed by atoms with van der Waals surface area (Å²) in [5.41, 5.74) is 0.339. The number of hydrogen-bond acceptors (Lipinski definition) is 5. The van der Waals surface area contributed by atoms with Crippen LogP contribution in [0.4, 0.5) is 5.69 Å². The standard InChI is InChI=1S/C20H22Cl2N2O5S/c1-12(2)18(24-30(27,28)17-7-5-4-6-8-17)20(26)29-13(3)19(25)23-16-10-14(21)9-15(22)11-16/h4-13,18,24H,1-3H3,(H,23,25)/t13-,18-/m0/s1. The second kappa shape index (κ2) is 10.3. The zero-order valence-electron chi connectivity index (χ0n) is 16.6. The van der Waals surface area contributed by atoms with Crippen molar-refractivity contribution >= 4 is 50.8 Å². The van der Waals surface area contributed by atoms with E-state index in [-0.39, 0.29) is 4.90 Å². The summed E-state index contributed by atoms with van der Waals surface area (Å²) in [5, 5.41) is 3.21. The van der Waals surface area contributed by atoms with Crippen molar-refractivity contribution in [1.29, 1.82) is 0 Å². The first-order valence-electron chi connectivity index (χ1n) is 9.04. The maximum absolute atomic E-state index is 12.6. The molecule has 30 heavy (non-hydrogen) atoms. The fourth-order valence-electron chi connectivity index (χ4n) is 2.46. The summed E-state index contributed by atoms with van der Waals surface area (Å²) in [6.45, 7) is 4.71. The van der Waals surface area contributed by atoms with E-state index in [0.717, 1.165) is 0 Å². The van der Waals surface area contributed by atoms with Gasteiger partial charge in [0, 0.05) is 15.7 Å². The molecule has 0 aliphatic heterocycles. The number of benzene rings is 2. The number of halogens is 2. The summed E-state index contributed by atoms with van der Waals surface area (Å²) in [4.78, 5) is 25.0. The van der Waals surface area contributed by atoms with Gasteiger partial charge in [-0.25, -0.2) is 8.42 Å². The van der Waals surface area contributed by atoms with Gasteiger partial charge in [0.1, 0.15) is 6.04 Å². The van der Waals surface area contributed by atoms with Gasteiger partial charge in [-0.3, -0.25) is 9.59 Å². The van der Waals surface area contributed by atoms with Crippen molar-refractivity contribution in [2.24, 2.45) is 5.92 Å². The average molecular weight is 473 g/mol. The van der Waals surface area contributed by atoms with E-state index in [1.807, 2.05) is 0 Å². The molecule has 10 heteroatoms. The Hall–Kier alpha value is -2.13. The highest BCUT2D eigenvalue weighted by molar-refractivity contribution is 7.89. The van der Waals surface area contributed by atoms with E-state index in [2.05, 4.69) is 10.0 Å². The number of sulfonamides is 1. The molecule has 0 aromatic heterocycles. The number of rotatable bonds is 8. The molecule has 0 radical (unpaired) electrons. The first-order chi connectivity index (χ1) is 14.0. The third kappa shape index (κ3) is 6.70. The molecule has 2 aromatic rings. The smallest absolute Gasteiger partial charge is 0.325 e. The van der Waals surface area contributed by atoms with Crippen LogP contribution >= 0.6 is 23.2 Å². The van der Waals surface area contributed by atoms with Gasteiger partial charge in [-0.1, -0.05) is 55.2 Å². The van der Waals surface area contributed by atoms with E-state index >= 15 is 0 Å². The minimum atomic E-state index is -3.94. The lowest BCUT2D eigenvalue weighted by Gasteiger charge is -2.23. The van der Waals surface area contributed by atoms with Crippen LogP contribution in [0.2, 0.25) is 10.0 Å². The minimum absolute atomic E-state index is 0.0204. The van der Waals surface area contributed by atoms with Gasteiger partial charge in [0.2, 0.25) is 10.0 Å². The normalized spacial score (nSPS) is 13.5. The number of amides is 1. The van der Waals surface area contributed by atoms with Crippen molar-refractivity contribution in [1.82, 2.24) is 4.72 Å². The van der Waals surface area contributed by atoms with Crippen LogP contribution in [0.5, 0.6) is 0 Å². The van der Waals surface area contributed by atoms with Crippen LogP contribution in [0, 0.1) is 5.92 Å². The molecule has 1 amide bonds. The molecular weight excluding hydrogens is 451 g/mol. The predicted octanol–water partition coefficient (Wildman–Crippen LogP) is 3.87. The largest absolute Gasteiger partial charge is 0.451 e. The van der Waals surface area contributed by atoms with Gasteiger partial charge in [-0.05, 0) is 43.2 Å². The molecule has 0 unspecified atom stereocenters. The van der Waals surface area contributed by atoms with E-state index in [9.17, 15) is 18.0 Å². The lowest BCUT2D eigenvalue weighted by atomic mass is 10.1. The number of anilines is 1. The van der Waals surface area contributed by atoms with Crippen molar-refractivity contribution in [3.05, 3.63) is 58.6 Å². The zero-order valence-corrected chi connectivity index (χ0v) is 18.9. The number of esters is 1. The SMILES string of the molecule is CC(C)[C@H](NS(=O)(=O)c1ccccc1)C(=O)O[C@@H](C)C(=O)Nc1cc(Cl)cc(Cl)c1. The molecule has 2 rings (SSSR count). The molecule has 2 aromatic carbocycles. The quantitative estimate of drug-likeness (QED) is 0.567. The summed E-state index contributed by atoms with van der Waals surface area (Å²) in [6, 6.07) is 11.0. The molecule has 0 saturated heterocycles. The topological polar surface area (TPSA) is 102 Å². The number of ether oxygens (including phenoxy) is 1. The van der Waals surface area contributed by atoms with E-state index in [0.29, 0.717) is 15.7 Å². The van der Waals surface area contributed by atoms with Gasteiger partial charge in [0.25, 0.3) is 5.91 Å². The zero-order chi connectivity index (χ0) is 22.5. The second-order valence-corrected chi connectivity index (χ2v) is 9.47. The lowest BCUT2D eigenvalue weighted by molar-refractivity contribution is -0.155. The number of carbonyl (C=O) groups excluding carboxylic acids is 2. The summed E-state index contributed by atoms with van der Waals surface area (Å²) in [5.74, 6) is -1.90. The molecule has 0 bridgehead atoms. The van der Waals surface area contributed by atoms with Gasteiger partial charge >= 0.3 is 5.97 Å². The Morgan fingerprint density at radius 3 is 2.07 bits per heavy atom. The fourth-order valence-corrected chi connectivity index (χ4v) is 4.34. The highest BCUT2D eigenvalue weighted by atomic mass is 35.5. The Balaban J connectivity index is 2.07. The van der Waals surface area contributed by atoms with Crippen LogP contribution in [0.1, 0.15) is 20.8 Å². The first kappa shape index (κ1) is 24.1. The molecule has 7 nitrogen and oxygen atoms in total. The summed E-state index contributed by atoms with van der Waals surface area (Å²) >= 11 is 11.8. The molecule has 0 aliphatic rings. The third-order valence-corrected chi connectivity index (χ3v) is 5.94. The van der Waals surface area contributed by atoms with Gasteiger partial charge < -0.3 is 10.1 Å². The number of nitrogens with one attached hydrogen (secondary N) is 2. The summed E-state index contributed by atoms with van der Waals surface area (Å²) in [6.07, 6.45) is -1.18. The van der Waals surface area contributed by atoms with E-state index in [1.165, 1.54) is 37.3 Å². The van der Waals surface area contributed by atoms with Crippen LogP contribution in [-0.4, -0.2) is 32.4 Å². The number of hydrogen-bond donors (Lipinski definition) is 2. The molecule has 2 atom stereocenters. The van der Waals surface area contributed by atoms with Crippen molar-refractivity contribution < 1.29 is 22.7 Å². The lowest BCUT2D eigenvalue weighted by Crippen LogP contribution is -2.47. The molecule has 162 valence electrons. The maximum atomic E-state index is 12.6. The maximum Gasteiger partial charge on any atom is 0.325 e. The minimum Gasteiger partial charge on any atom is -0.451 e. The Kier molecular flexibility index (Phi) is 8.25. The summed E-state index contributed by atoms with van der Waals surface area (Å²) in [7, 11) is -3.94. The summed E-state index contributed by atoms with van der Waals surface area (Å²) < 4.78 is 32.7. The van der Waals surface area contributed by atoms with Crippen LogP contribution in [0.3, 0.4) is 0 Å². The monoisotopic (exact) mass is 472 g/mol. The average Bonchev–Trinajstić information content (AvgIpc) is 2.65. The Morgan fingerprint density at radius 2 is 1.53 bits per heavy atom. The molecule has 0 aliphatic carbocycles. The first-order valence-corrected chi connectivity index (χ1v) is 11.3. The molecule has 0 saturated carbocycles. The number of carbonyl (C=O) groups is 2. The molecule has 2 N–H and O–H groups in total. The van der Waals surface area contributed by atoms with Gasteiger partial charge in [-0.15, -0.1) is 0 Å². The van der Waals surface area contributed by atoms with Gasteiger partial charge in [0.05, 0.1) is 4.90 Å². The van der Waals surface area contributed by atoms with Crippen molar-refractivity contribution in [2.75, 3.05) is 5.32 Å². The Bertz CT molecular complexity index is 993. The highest BCUT2D eigenvalue weighted by Gasteiger charge is 2.31. The van der Waals surface area contributed by atoms with Crippen LogP contribution < -0.4 is 10.0 Å². The Labute approximate surface area is 185 Å². The molecule has 0 spiro atoms. The molecule has 0 heterocycles. The van der Waals surface area contributed by atoms with E-state index in [1.54, 1.807) is 32.0 Å². The van der Waals surface area contributed by atoms with Crippen molar-refractivity contribution in [2.45, 2.75) is 37.8 Å². The predicted molar refractivity (Wildman–Crippen MR) is 116 cm³/mol. The van der Waals surface area contributed by atoms with Crippen molar-refractivity contribution in [3.63, 3.8) is 0 Å². The van der Waals surface area contributed by atoms with E-state index in [4.69, 9.17) is 27.9 Å². The highest BCUT2D eigenvalue weighted by Crippen LogP contribution is 2.22. The van der Waals surface area contributed by atoms with Gasteiger partial charge in [0.15, 0.2) is 6.10 Å². The van der Waals surface area contributed by atoms with Gasteiger partial charge in [-0.2, -0.15) is 4.72 Å². The van der Waals surface area contributed by atoms with Crippen LogP contribution in [0.15, 0.2) is 53.4 Å². The van der Waals surface area contributed by atoms with E-state index < -0.39 is 40.0 Å².